The summed E-state index contributed by atoms with van der Waals surface area (Å²) in [7, 11) is 0. The number of halogens is 1. The highest BCUT2D eigenvalue weighted by Gasteiger charge is 2.19. The summed E-state index contributed by atoms with van der Waals surface area (Å²) in [5.41, 5.74) is 1.79. The molecule has 120 valence electrons. The highest BCUT2D eigenvalue weighted by Crippen LogP contribution is 2.37. The molecule has 4 nitrogen and oxygen atoms in total. The minimum absolute atomic E-state index is 0.0466. The molecule has 0 saturated carbocycles. The molecule has 1 N–H and O–H groups in total. The molecule has 0 spiro atoms. The summed E-state index contributed by atoms with van der Waals surface area (Å²) >= 11 is 6.31. The van der Waals surface area contributed by atoms with Gasteiger partial charge in [-0.2, -0.15) is 0 Å². The average molecular weight is 332 g/mol. The van der Waals surface area contributed by atoms with E-state index in [1.54, 1.807) is 6.07 Å². The molecule has 3 rings (SSSR count). The highest BCUT2D eigenvalue weighted by atomic mass is 35.5. The molecule has 0 aliphatic carbocycles. The van der Waals surface area contributed by atoms with Crippen LogP contribution in [0.1, 0.15) is 24.1 Å². The van der Waals surface area contributed by atoms with E-state index in [0.717, 1.165) is 11.1 Å². The Labute approximate surface area is 140 Å². The molecule has 0 aromatic heterocycles. The zero-order valence-corrected chi connectivity index (χ0v) is 13.6. The van der Waals surface area contributed by atoms with Gasteiger partial charge in [0.1, 0.15) is 13.2 Å². The fraction of sp³-hybridized carbons (Fsp3) is 0.278. The van der Waals surface area contributed by atoms with Crippen molar-refractivity contribution in [3.63, 3.8) is 0 Å². The minimum atomic E-state index is -0.213. The Balaban J connectivity index is 1.70. The fourth-order valence-electron chi connectivity index (χ4n) is 2.56. The number of amides is 1. The van der Waals surface area contributed by atoms with Gasteiger partial charge in [-0.15, -0.1) is 0 Å². The number of carbonyl (C=O) groups is 1. The quantitative estimate of drug-likeness (QED) is 0.932. The molecule has 0 bridgehead atoms. The molecule has 1 aliphatic heterocycles. The van der Waals surface area contributed by atoms with Crippen LogP contribution < -0.4 is 14.8 Å². The molecule has 0 saturated heterocycles. The number of rotatable bonds is 4. The van der Waals surface area contributed by atoms with Gasteiger partial charge in [-0.25, -0.2) is 0 Å². The van der Waals surface area contributed by atoms with Crippen LogP contribution in [0.4, 0.5) is 0 Å². The number of hydrogen-bond acceptors (Lipinski definition) is 3. The first-order valence-corrected chi connectivity index (χ1v) is 7.93. The van der Waals surface area contributed by atoms with Crippen molar-refractivity contribution in [1.82, 2.24) is 5.32 Å². The van der Waals surface area contributed by atoms with Crippen LogP contribution >= 0.6 is 11.6 Å². The van der Waals surface area contributed by atoms with Gasteiger partial charge >= 0.3 is 0 Å². The third-order valence-corrected chi connectivity index (χ3v) is 4.04. The van der Waals surface area contributed by atoms with Crippen LogP contribution in [0.5, 0.6) is 11.5 Å². The number of hydrogen-bond donors (Lipinski definition) is 1. The largest absolute Gasteiger partial charge is 0.486 e. The SMILES string of the molecule is CC(NC(=O)Cc1ccccc1)c1cc2c(cc1Cl)OCCO2. The third kappa shape index (κ3) is 3.77. The van der Waals surface area contributed by atoms with E-state index >= 15 is 0 Å². The monoisotopic (exact) mass is 331 g/mol. The van der Waals surface area contributed by atoms with Crippen LogP contribution in [-0.4, -0.2) is 19.1 Å². The predicted molar refractivity (Wildman–Crippen MR) is 89.1 cm³/mol. The van der Waals surface area contributed by atoms with E-state index in [4.69, 9.17) is 21.1 Å². The molecule has 2 aromatic rings. The van der Waals surface area contributed by atoms with Gasteiger partial charge in [-0.05, 0) is 24.1 Å². The maximum absolute atomic E-state index is 12.2. The number of nitrogens with one attached hydrogen (secondary N) is 1. The fourth-order valence-corrected chi connectivity index (χ4v) is 2.88. The second-order valence-electron chi connectivity index (χ2n) is 5.47. The Morgan fingerprint density at radius 3 is 2.52 bits per heavy atom. The first-order chi connectivity index (χ1) is 11.1. The van der Waals surface area contributed by atoms with Crippen molar-refractivity contribution < 1.29 is 14.3 Å². The van der Waals surface area contributed by atoms with Crippen molar-refractivity contribution in [2.75, 3.05) is 13.2 Å². The van der Waals surface area contributed by atoms with Crippen molar-refractivity contribution in [3.8, 4) is 11.5 Å². The standard InChI is InChI=1S/C18H18ClNO3/c1-12(20-18(21)9-13-5-3-2-4-6-13)14-10-16-17(11-15(14)19)23-8-7-22-16/h2-6,10-12H,7-9H2,1H3,(H,20,21). The van der Waals surface area contributed by atoms with Crippen LogP contribution in [0.2, 0.25) is 5.02 Å². The molecule has 1 unspecified atom stereocenters. The van der Waals surface area contributed by atoms with Gasteiger partial charge in [0, 0.05) is 11.1 Å². The van der Waals surface area contributed by atoms with Crippen LogP contribution in [0.15, 0.2) is 42.5 Å². The smallest absolute Gasteiger partial charge is 0.224 e. The third-order valence-electron chi connectivity index (χ3n) is 3.71. The van der Waals surface area contributed by atoms with E-state index < -0.39 is 0 Å². The lowest BCUT2D eigenvalue weighted by atomic mass is 10.1. The lowest BCUT2D eigenvalue weighted by molar-refractivity contribution is -0.121. The Bertz CT molecular complexity index is 703. The maximum atomic E-state index is 12.2. The van der Waals surface area contributed by atoms with Gasteiger partial charge in [-0.1, -0.05) is 41.9 Å². The normalized spacial score (nSPS) is 14.2. The number of ether oxygens (including phenoxy) is 2. The van der Waals surface area contributed by atoms with Crippen molar-refractivity contribution in [2.24, 2.45) is 0 Å². The summed E-state index contributed by atoms with van der Waals surface area (Å²) in [4.78, 5) is 12.2. The number of fused-ring (bicyclic) bond motifs is 1. The second-order valence-corrected chi connectivity index (χ2v) is 5.88. The molecule has 0 fully saturated rings. The van der Waals surface area contributed by atoms with Crippen LogP contribution in [0.3, 0.4) is 0 Å². The number of carbonyl (C=O) groups excluding carboxylic acids is 1. The molecule has 23 heavy (non-hydrogen) atoms. The van der Waals surface area contributed by atoms with Crippen LogP contribution in [0, 0.1) is 0 Å². The summed E-state index contributed by atoms with van der Waals surface area (Å²) < 4.78 is 11.1. The Morgan fingerprint density at radius 2 is 1.83 bits per heavy atom. The van der Waals surface area contributed by atoms with E-state index in [-0.39, 0.29) is 11.9 Å². The van der Waals surface area contributed by atoms with Gasteiger partial charge in [0.15, 0.2) is 11.5 Å². The van der Waals surface area contributed by atoms with E-state index in [2.05, 4.69) is 5.32 Å². The van der Waals surface area contributed by atoms with E-state index in [1.165, 1.54) is 0 Å². The van der Waals surface area contributed by atoms with Gasteiger partial charge in [0.2, 0.25) is 5.91 Å². The summed E-state index contributed by atoms with van der Waals surface area (Å²) in [6.07, 6.45) is 0.341. The molecule has 1 heterocycles. The minimum Gasteiger partial charge on any atom is -0.486 e. The summed E-state index contributed by atoms with van der Waals surface area (Å²) in [6.45, 7) is 2.94. The van der Waals surface area contributed by atoms with Gasteiger partial charge < -0.3 is 14.8 Å². The first kappa shape index (κ1) is 15.7. The first-order valence-electron chi connectivity index (χ1n) is 7.56. The predicted octanol–water partition coefficient (Wildman–Crippen LogP) is 3.53. The second kappa shape index (κ2) is 6.92. The zero-order chi connectivity index (χ0) is 16.2. The average Bonchev–Trinajstić information content (AvgIpc) is 2.55. The molecular formula is C18H18ClNO3. The summed E-state index contributed by atoms with van der Waals surface area (Å²) in [5.74, 6) is 1.27. The molecule has 2 aromatic carbocycles. The molecule has 5 heteroatoms. The van der Waals surface area contributed by atoms with Crippen molar-refractivity contribution in [3.05, 3.63) is 58.6 Å². The Kier molecular flexibility index (Phi) is 4.72. The van der Waals surface area contributed by atoms with Crippen molar-refractivity contribution in [2.45, 2.75) is 19.4 Å². The molecular weight excluding hydrogens is 314 g/mol. The Morgan fingerprint density at radius 1 is 1.17 bits per heavy atom. The molecule has 1 amide bonds. The maximum Gasteiger partial charge on any atom is 0.224 e. The lowest BCUT2D eigenvalue weighted by Crippen LogP contribution is -2.28. The zero-order valence-electron chi connectivity index (χ0n) is 12.8. The van der Waals surface area contributed by atoms with E-state index in [1.807, 2.05) is 43.3 Å². The van der Waals surface area contributed by atoms with Crippen molar-refractivity contribution >= 4 is 17.5 Å². The van der Waals surface area contributed by atoms with Gasteiger partial charge in [0.25, 0.3) is 0 Å². The topological polar surface area (TPSA) is 47.6 Å². The molecule has 0 radical (unpaired) electrons. The Hall–Kier alpha value is -2.20. The summed E-state index contributed by atoms with van der Waals surface area (Å²) in [6, 6.07) is 13.0. The van der Waals surface area contributed by atoms with Gasteiger partial charge in [-0.3, -0.25) is 4.79 Å². The lowest BCUT2D eigenvalue weighted by Gasteiger charge is -2.22. The number of benzene rings is 2. The van der Waals surface area contributed by atoms with E-state index in [9.17, 15) is 4.79 Å². The van der Waals surface area contributed by atoms with E-state index in [0.29, 0.717) is 36.2 Å². The van der Waals surface area contributed by atoms with Gasteiger partial charge in [0.05, 0.1) is 12.5 Å². The van der Waals surface area contributed by atoms with Crippen LogP contribution in [0.25, 0.3) is 0 Å². The highest BCUT2D eigenvalue weighted by molar-refractivity contribution is 6.31. The van der Waals surface area contributed by atoms with Crippen molar-refractivity contribution in [1.29, 1.82) is 0 Å². The molecule has 1 aliphatic rings. The van der Waals surface area contributed by atoms with Crippen LogP contribution in [-0.2, 0) is 11.2 Å². The molecule has 1 atom stereocenters. The summed E-state index contributed by atoms with van der Waals surface area (Å²) in [5, 5.41) is 3.53.